The van der Waals surface area contributed by atoms with Crippen molar-refractivity contribution in [3.63, 3.8) is 0 Å². The summed E-state index contributed by atoms with van der Waals surface area (Å²) in [5.41, 5.74) is 1.83. The summed E-state index contributed by atoms with van der Waals surface area (Å²) in [6.45, 7) is 3.21. The molecular formula is C22H20ClN7OS. The maximum atomic E-state index is 12.5. The van der Waals surface area contributed by atoms with Gasteiger partial charge in [-0.15, -0.1) is 11.3 Å². The van der Waals surface area contributed by atoms with Gasteiger partial charge in [-0.05, 0) is 43.7 Å². The summed E-state index contributed by atoms with van der Waals surface area (Å²) in [5, 5.41) is 6.38. The van der Waals surface area contributed by atoms with Gasteiger partial charge in [0.15, 0.2) is 5.01 Å². The van der Waals surface area contributed by atoms with Crippen molar-refractivity contribution in [2.24, 2.45) is 0 Å². The van der Waals surface area contributed by atoms with Gasteiger partial charge in [0.05, 0.1) is 5.69 Å². The van der Waals surface area contributed by atoms with Crippen LogP contribution in [0.2, 0.25) is 5.02 Å². The van der Waals surface area contributed by atoms with Crippen molar-refractivity contribution in [1.82, 2.24) is 29.4 Å². The average molecular weight is 466 g/mol. The normalized spacial score (nSPS) is 15.8. The lowest BCUT2D eigenvalue weighted by Crippen LogP contribution is -2.31. The average Bonchev–Trinajstić information content (AvgIpc) is 3.55. The molecule has 32 heavy (non-hydrogen) atoms. The predicted molar refractivity (Wildman–Crippen MR) is 124 cm³/mol. The lowest BCUT2D eigenvalue weighted by Gasteiger charge is -2.16. The Labute approximate surface area is 193 Å². The Hall–Kier alpha value is -3.30. The number of imidazole rings is 1. The van der Waals surface area contributed by atoms with Gasteiger partial charge in [-0.1, -0.05) is 11.6 Å². The van der Waals surface area contributed by atoms with Gasteiger partial charge in [-0.25, -0.2) is 15.0 Å². The topological polar surface area (TPSA) is 88.8 Å². The molecule has 3 aromatic heterocycles. The van der Waals surface area contributed by atoms with Crippen LogP contribution in [0.4, 0.5) is 5.95 Å². The van der Waals surface area contributed by atoms with Crippen molar-refractivity contribution in [3.8, 4) is 17.2 Å². The molecular weight excluding hydrogens is 446 g/mol. The van der Waals surface area contributed by atoms with Crippen molar-refractivity contribution < 1.29 is 4.79 Å². The molecule has 1 atom stereocenters. The summed E-state index contributed by atoms with van der Waals surface area (Å²) in [5.74, 6) is 1.98. The van der Waals surface area contributed by atoms with Gasteiger partial charge in [0, 0.05) is 53.7 Å². The van der Waals surface area contributed by atoms with E-state index in [0.29, 0.717) is 34.9 Å². The summed E-state index contributed by atoms with van der Waals surface area (Å²) < 4.78 is 1.94. The van der Waals surface area contributed by atoms with Gasteiger partial charge < -0.3 is 10.2 Å². The van der Waals surface area contributed by atoms with Gasteiger partial charge in [-0.3, -0.25) is 9.36 Å². The number of hydrogen-bond donors (Lipinski definition) is 1. The van der Waals surface area contributed by atoms with Crippen molar-refractivity contribution in [2.45, 2.75) is 19.4 Å². The number of hydrogen-bond acceptors (Lipinski definition) is 7. The van der Waals surface area contributed by atoms with Gasteiger partial charge in [0.25, 0.3) is 5.91 Å². The van der Waals surface area contributed by atoms with E-state index >= 15 is 0 Å². The molecule has 0 unspecified atom stereocenters. The molecule has 1 saturated heterocycles. The molecule has 0 bridgehead atoms. The fraction of sp³-hybridized carbons (Fsp3) is 0.227. The van der Waals surface area contributed by atoms with Crippen LogP contribution >= 0.6 is 22.9 Å². The molecule has 1 aliphatic heterocycles. The monoisotopic (exact) mass is 465 g/mol. The lowest BCUT2D eigenvalue weighted by molar-refractivity contribution is 0.0791. The number of halogens is 1. The Morgan fingerprint density at radius 3 is 2.78 bits per heavy atom. The first-order valence-corrected chi connectivity index (χ1v) is 11.4. The van der Waals surface area contributed by atoms with E-state index in [-0.39, 0.29) is 11.9 Å². The molecule has 1 N–H and O–H groups in total. The van der Waals surface area contributed by atoms with Gasteiger partial charge in [-0.2, -0.15) is 4.98 Å². The Balaban J connectivity index is 1.34. The number of amides is 1. The standard InChI is InChI=1S/C22H20ClN7OS/c1-14-12-30(19(26-14)15-2-4-16(23)5-3-15)18-6-8-25-22(28-18)27-17-7-10-29(13-17)21(31)20-24-9-11-32-20/h2-6,8-9,11-12,17H,7,10,13H2,1H3,(H,25,27,28)/t17-/m1/s1. The summed E-state index contributed by atoms with van der Waals surface area (Å²) in [6, 6.07) is 9.49. The minimum Gasteiger partial charge on any atom is -0.350 e. The van der Waals surface area contributed by atoms with E-state index < -0.39 is 0 Å². The number of anilines is 1. The fourth-order valence-electron chi connectivity index (χ4n) is 3.74. The minimum absolute atomic E-state index is 0.0273. The van der Waals surface area contributed by atoms with Crippen LogP contribution in [-0.2, 0) is 0 Å². The Bertz CT molecular complexity index is 1240. The fourth-order valence-corrected chi connectivity index (χ4v) is 4.47. The van der Waals surface area contributed by atoms with Crippen LogP contribution < -0.4 is 5.32 Å². The number of carbonyl (C=O) groups excluding carboxylic acids is 1. The van der Waals surface area contributed by atoms with E-state index in [1.165, 1.54) is 11.3 Å². The second kappa shape index (κ2) is 8.68. The number of likely N-dealkylation sites (tertiary alicyclic amines) is 1. The van der Waals surface area contributed by atoms with Crippen molar-refractivity contribution in [1.29, 1.82) is 0 Å². The highest BCUT2D eigenvalue weighted by Crippen LogP contribution is 2.24. The molecule has 1 fully saturated rings. The van der Waals surface area contributed by atoms with Crippen molar-refractivity contribution >= 4 is 34.8 Å². The molecule has 4 heterocycles. The largest absolute Gasteiger partial charge is 0.350 e. The second-order valence-corrected chi connectivity index (χ2v) is 8.87. The molecule has 10 heteroatoms. The first-order chi connectivity index (χ1) is 15.6. The number of thiazole rings is 1. The molecule has 1 aliphatic rings. The molecule has 8 nitrogen and oxygen atoms in total. The molecule has 0 aliphatic carbocycles. The molecule has 0 radical (unpaired) electrons. The van der Waals surface area contributed by atoms with E-state index in [0.717, 1.165) is 23.5 Å². The maximum absolute atomic E-state index is 12.5. The number of aryl methyl sites for hydroxylation is 1. The Morgan fingerprint density at radius 2 is 2.00 bits per heavy atom. The Kier molecular flexibility index (Phi) is 5.59. The third kappa shape index (κ3) is 4.21. The van der Waals surface area contributed by atoms with Gasteiger partial charge in [0.1, 0.15) is 11.6 Å². The predicted octanol–water partition coefficient (Wildman–Crippen LogP) is 4.07. The van der Waals surface area contributed by atoms with Crippen LogP contribution in [0.1, 0.15) is 21.9 Å². The minimum atomic E-state index is -0.0273. The smallest absolute Gasteiger partial charge is 0.282 e. The van der Waals surface area contributed by atoms with E-state index in [4.69, 9.17) is 16.6 Å². The van der Waals surface area contributed by atoms with Crippen LogP contribution in [0.25, 0.3) is 17.2 Å². The molecule has 1 aromatic carbocycles. The van der Waals surface area contributed by atoms with Crippen molar-refractivity contribution in [3.05, 3.63) is 70.0 Å². The third-order valence-electron chi connectivity index (χ3n) is 5.24. The van der Waals surface area contributed by atoms with Crippen LogP contribution in [0, 0.1) is 6.92 Å². The van der Waals surface area contributed by atoms with E-state index in [1.54, 1.807) is 12.4 Å². The van der Waals surface area contributed by atoms with E-state index in [1.807, 2.05) is 58.3 Å². The first-order valence-electron chi connectivity index (χ1n) is 10.2. The molecule has 5 rings (SSSR count). The van der Waals surface area contributed by atoms with Gasteiger partial charge >= 0.3 is 0 Å². The highest BCUT2D eigenvalue weighted by atomic mass is 35.5. The van der Waals surface area contributed by atoms with Crippen LogP contribution in [-0.4, -0.2) is 54.4 Å². The molecule has 4 aromatic rings. The number of aromatic nitrogens is 5. The number of rotatable bonds is 5. The Morgan fingerprint density at radius 1 is 1.16 bits per heavy atom. The van der Waals surface area contributed by atoms with E-state index in [2.05, 4.69) is 20.3 Å². The van der Waals surface area contributed by atoms with E-state index in [9.17, 15) is 4.79 Å². The number of benzene rings is 1. The van der Waals surface area contributed by atoms with Gasteiger partial charge in [0.2, 0.25) is 5.95 Å². The van der Waals surface area contributed by atoms with Crippen LogP contribution in [0.15, 0.2) is 54.3 Å². The number of carbonyl (C=O) groups is 1. The SMILES string of the molecule is Cc1cn(-c2ccnc(N[C@@H]3CCN(C(=O)c4nccs4)C3)n2)c(-c2ccc(Cl)cc2)n1. The summed E-state index contributed by atoms with van der Waals surface area (Å²) in [7, 11) is 0. The molecule has 0 spiro atoms. The number of nitrogens with one attached hydrogen (secondary N) is 1. The number of nitrogens with zero attached hydrogens (tertiary/aromatic N) is 6. The van der Waals surface area contributed by atoms with Crippen molar-refractivity contribution in [2.75, 3.05) is 18.4 Å². The zero-order valence-corrected chi connectivity index (χ0v) is 18.8. The van der Waals surface area contributed by atoms with Crippen LogP contribution in [0.3, 0.4) is 0 Å². The first kappa shape index (κ1) is 20.6. The molecule has 0 saturated carbocycles. The third-order valence-corrected chi connectivity index (χ3v) is 6.25. The molecule has 1 amide bonds. The summed E-state index contributed by atoms with van der Waals surface area (Å²) in [6.07, 6.45) is 6.14. The molecule has 162 valence electrons. The zero-order chi connectivity index (χ0) is 22.1. The summed E-state index contributed by atoms with van der Waals surface area (Å²) in [4.78, 5) is 32.2. The summed E-state index contributed by atoms with van der Waals surface area (Å²) >= 11 is 7.40. The maximum Gasteiger partial charge on any atom is 0.282 e. The zero-order valence-electron chi connectivity index (χ0n) is 17.3. The highest BCUT2D eigenvalue weighted by Gasteiger charge is 2.28. The van der Waals surface area contributed by atoms with Crippen LogP contribution in [0.5, 0.6) is 0 Å². The highest BCUT2D eigenvalue weighted by molar-refractivity contribution is 7.11. The second-order valence-electron chi connectivity index (χ2n) is 7.54. The lowest BCUT2D eigenvalue weighted by atomic mass is 10.2. The quantitative estimate of drug-likeness (QED) is 0.478.